The van der Waals surface area contributed by atoms with Crippen molar-refractivity contribution in [1.29, 1.82) is 0 Å². The molecule has 0 spiro atoms. The van der Waals surface area contributed by atoms with Crippen LogP contribution in [0.2, 0.25) is 0 Å². The molecule has 0 aliphatic carbocycles. The summed E-state index contributed by atoms with van der Waals surface area (Å²) in [5, 5.41) is 14.7. The van der Waals surface area contributed by atoms with Gasteiger partial charge < -0.3 is 15.2 Å². The molecular weight excluding hydrogens is 483 g/mol. The second-order valence-electron chi connectivity index (χ2n) is 5.21. The standard InChI is InChI=1S/C17H17IN4O4S/c1-2-25-15-8-12(9-20-21-17(19)27)7-14(18)16(15)26-10-11-3-5-13(6-4-11)22(23)24/h3-9H,2,10H2,1H3,(H3,19,21,27). The van der Waals surface area contributed by atoms with Gasteiger partial charge in [-0.2, -0.15) is 5.10 Å². The smallest absolute Gasteiger partial charge is 0.269 e. The van der Waals surface area contributed by atoms with Crippen molar-refractivity contribution >= 4 is 51.8 Å². The molecule has 2 aromatic rings. The third-order valence-corrected chi connectivity index (χ3v) is 4.14. The van der Waals surface area contributed by atoms with E-state index in [0.717, 1.165) is 14.7 Å². The van der Waals surface area contributed by atoms with Crippen molar-refractivity contribution in [2.75, 3.05) is 6.61 Å². The van der Waals surface area contributed by atoms with E-state index < -0.39 is 4.92 Å². The molecule has 0 saturated carbocycles. The molecule has 0 aromatic heterocycles. The summed E-state index contributed by atoms with van der Waals surface area (Å²) in [7, 11) is 0. The van der Waals surface area contributed by atoms with Crippen LogP contribution in [0.25, 0.3) is 0 Å². The van der Waals surface area contributed by atoms with Gasteiger partial charge in [0.15, 0.2) is 16.6 Å². The van der Waals surface area contributed by atoms with Gasteiger partial charge in [0, 0.05) is 12.1 Å². The maximum absolute atomic E-state index is 10.7. The van der Waals surface area contributed by atoms with Gasteiger partial charge in [0.25, 0.3) is 5.69 Å². The van der Waals surface area contributed by atoms with E-state index in [4.69, 9.17) is 27.4 Å². The van der Waals surface area contributed by atoms with Crippen LogP contribution < -0.4 is 20.6 Å². The van der Waals surface area contributed by atoms with E-state index in [9.17, 15) is 10.1 Å². The summed E-state index contributed by atoms with van der Waals surface area (Å²) in [6, 6.07) is 9.88. The van der Waals surface area contributed by atoms with Gasteiger partial charge in [-0.3, -0.25) is 15.5 Å². The van der Waals surface area contributed by atoms with E-state index in [1.54, 1.807) is 24.4 Å². The molecule has 2 aromatic carbocycles. The van der Waals surface area contributed by atoms with Crippen molar-refractivity contribution < 1.29 is 14.4 Å². The van der Waals surface area contributed by atoms with Crippen molar-refractivity contribution in [2.24, 2.45) is 10.8 Å². The summed E-state index contributed by atoms with van der Waals surface area (Å²) < 4.78 is 12.4. The summed E-state index contributed by atoms with van der Waals surface area (Å²) in [5.41, 5.74) is 9.46. The topological polar surface area (TPSA) is 112 Å². The lowest BCUT2D eigenvalue weighted by molar-refractivity contribution is -0.384. The van der Waals surface area contributed by atoms with Gasteiger partial charge in [0.2, 0.25) is 0 Å². The average Bonchev–Trinajstić information content (AvgIpc) is 2.61. The number of ether oxygens (including phenoxy) is 2. The molecule has 0 amide bonds. The minimum Gasteiger partial charge on any atom is -0.490 e. The minimum atomic E-state index is -0.437. The first-order valence-electron chi connectivity index (χ1n) is 7.81. The first-order valence-corrected chi connectivity index (χ1v) is 9.30. The Kier molecular flexibility index (Phi) is 7.73. The Morgan fingerprint density at radius 3 is 2.67 bits per heavy atom. The molecule has 2 rings (SSSR count). The highest BCUT2D eigenvalue weighted by molar-refractivity contribution is 14.1. The fraction of sp³-hybridized carbons (Fsp3) is 0.176. The number of non-ortho nitro benzene ring substituents is 1. The van der Waals surface area contributed by atoms with Crippen LogP contribution in [0.5, 0.6) is 11.5 Å². The molecule has 0 bridgehead atoms. The molecule has 0 aliphatic rings. The van der Waals surface area contributed by atoms with E-state index in [1.807, 2.05) is 13.0 Å². The van der Waals surface area contributed by atoms with Crippen molar-refractivity contribution in [3.05, 3.63) is 61.2 Å². The Morgan fingerprint density at radius 1 is 1.37 bits per heavy atom. The molecule has 27 heavy (non-hydrogen) atoms. The molecule has 0 radical (unpaired) electrons. The third kappa shape index (κ3) is 6.32. The third-order valence-electron chi connectivity index (χ3n) is 3.25. The zero-order valence-corrected chi connectivity index (χ0v) is 17.3. The largest absolute Gasteiger partial charge is 0.490 e. The van der Waals surface area contributed by atoms with Crippen LogP contribution in [0.3, 0.4) is 0 Å². The number of hydrazone groups is 1. The van der Waals surface area contributed by atoms with Crippen LogP contribution >= 0.6 is 34.8 Å². The summed E-state index contributed by atoms with van der Waals surface area (Å²) >= 11 is 6.84. The van der Waals surface area contributed by atoms with Crippen LogP contribution in [0, 0.1) is 13.7 Å². The van der Waals surface area contributed by atoms with Crippen LogP contribution in [-0.4, -0.2) is 22.9 Å². The van der Waals surface area contributed by atoms with Crippen molar-refractivity contribution in [3.8, 4) is 11.5 Å². The average molecular weight is 500 g/mol. The lowest BCUT2D eigenvalue weighted by Gasteiger charge is -2.14. The number of thiocarbonyl (C=S) groups is 1. The van der Waals surface area contributed by atoms with Crippen molar-refractivity contribution in [3.63, 3.8) is 0 Å². The predicted octanol–water partition coefficient (Wildman–Crippen LogP) is 3.34. The van der Waals surface area contributed by atoms with E-state index in [0.29, 0.717) is 18.1 Å². The predicted molar refractivity (Wildman–Crippen MR) is 115 cm³/mol. The van der Waals surface area contributed by atoms with Gasteiger partial charge in [0.05, 0.1) is 21.3 Å². The van der Waals surface area contributed by atoms with Gasteiger partial charge in [-0.05, 0) is 77.1 Å². The Balaban J connectivity index is 2.18. The number of nitrogens with one attached hydrogen (secondary N) is 1. The maximum Gasteiger partial charge on any atom is 0.269 e. The SMILES string of the molecule is CCOc1cc(C=NNC(N)=S)cc(I)c1OCc1ccc([N+](=O)[O-])cc1. The van der Waals surface area contributed by atoms with Crippen molar-refractivity contribution in [1.82, 2.24) is 5.43 Å². The van der Waals surface area contributed by atoms with Crippen molar-refractivity contribution in [2.45, 2.75) is 13.5 Å². The summed E-state index contributed by atoms with van der Waals surface area (Å²) in [5.74, 6) is 1.17. The number of nitrogens with zero attached hydrogens (tertiary/aromatic N) is 2. The van der Waals surface area contributed by atoms with E-state index in [1.165, 1.54) is 12.1 Å². The first-order chi connectivity index (χ1) is 12.9. The highest BCUT2D eigenvalue weighted by Gasteiger charge is 2.13. The monoisotopic (exact) mass is 500 g/mol. The molecule has 0 heterocycles. The van der Waals surface area contributed by atoms with Crippen LogP contribution in [0.15, 0.2) is 41.5 Å². The Morgan fingerprint density at radius 2 is 2.07 bits per heavy atom. The molecule has 0 aliphatic heterocycles. The van der Waals surface area contributed by atoms with Gasteiger partial charge >= 0.3 is 0 Å². The van der Waals surface area contributed by atoms with Crippen LogP contribution in [-0.2, 0) is 6.61 Å². The van der Waals surface area contributed by atoms with E-state index in [2.05, 4.69) is 33.1 Å². The molecule has 3 N–H and O–H groups in total. The molecule has 0 atom stereocenters. The minimum absolute atomic E-state index is 0.0394. The number of rotatable bonds is 8. The van der Waals surface area contributed by atoms with Crippen LogP contribution in [0.1, 0.15) is 18.1 Å². The van der Waals surface area contributed by atoms with Gasteiger partial charge in [0.1, 0.15) is 6.61 Å². The Bertz CT molecular complexity index is 859. The molecule has 8 nitrogen and oxygen atoms in total. The first kappa shape index (κ1) is 20.8. The highest BCUT2D eigenvalue weighted by atomic mass is 127. The normalized spacial score (nSPS) is 10.6. The number of nitrogens with two attached hydrogens (primary N) is 1. The second-order valence-corrected chi connectivity index (χ2v) is 6.81. The number of hydrogen-bond donors (Lipinski definition) is 2. The fourth-order valence-electron chi connectivity index (χ4n) is 2.11. The van der Waals surface area contributed by atoms with Gasteiger partial charge in [-0.25, -0.2) is 0 Å². The summed E-state index contributed by atoms with van der Waals surface area (Å²) in [4.78, 5) is 10.3. The summed E-state index contributed by atoms with van der Waals surface area (Å²) in [6.07, 6.45) is 1.57. The number of hydrogen-bond acceptors (Lipinski definition) is 6. The molecule has 0 unspecified atom stereocenters. The number of nitro groups is 1. The number of nitro benzene ring substituents is 1. The lowest BCUT2D eigenvalue weighted by Crippen LogP contribution is -2.24. The molecular formula is C17H17IN4O4S. The molecule has 0 fully saturated rings. The highest BCUT2D eigenvalue weighted by Crippen LogP contribution is 2.34. The second kappa shape index (κ2) is 10.0. The lowest BCUT2D eigenvalue weighted by atomic mass is 10.2. The van der Waals surface area contributed by atoms with Gasteiger partial charge in [-0.15, -0.1) is 0 Å². The molecule has 10 heteroatoms. The van der Waals surface area contributed by atoms with E-state index in [-0.39, 0.29) is 17.4 Å². The zero-order chi connectivity index (χ0) is 19.8. The zero-order valence-electron chi connectivity index (χ0n) is 14.3. The van der Waals surface area contributed by atoms with Gasteiger partial charge in [-0.1, -0.05) is 0 Å². The summed E-state index contributed by atoms with van der Waals surface area (Å²) in [6.45, 7) is 2.60. The Labute approximate surface area is 175 Å². The number of benzene rings is 2. The molecule has 0 saturated heterocycles. The quantitative estimate of drug-likeness (QED) is 0.188. The number of halogens is 1. The van der Waals surface area contributed by atoms with Crippen LogP contribution in [0.4, 0.5) is 5.69 Å². The Hall–Kier alpha value is -2.47. The van der Waals surface area contributed by atoms with E-state index >= 15 is 0 Å². The molecule has 142 valence electrons. The maximum atomic E-state index is 10.7. The fourth-order valence-corrected chi connectivity index (χ4v) is 2.94.